The first kappa shape index (κ1) is 9.64. The van der Waals surface area contributed by atoms with Crippen molar-refractivity contribution in [3.05, 3.63) is 17.9 Å². The minimum Gasteiger partial charge on any atom is -0.494 e. The largest absolute Gasteiger partial charge is 0.494 e. The molecule has 0 unspecified atom stereocenters. The Morgan fingerprint density at radius 1 is 0.923 bits per heavy atom. The molecule has 0 aliphatic rings. The van der Waals surface area contributed by atoms with E-state index in [2.05, 4.69) is 0 Å². The minimum absolute atomic E-state index is 0.0573. The van der Waals surface area contributed by atoms with E-state index in [-0.39, 0.29) is 11.5 Å². The molecule has 0 amide bonds. The molecule has 0 aliphatic carbocycles. The maximum absolute atomic E-state index is 13.4. The van der Waals surface area contributed by atoms with Crippen molar-refractivity contribution in [2.45, 2.75) is 0 Å². The van der Waals surface area contributed by atoms with Crippen molar-refractivity contribution in [2.24, 2.45) is 0 Å². The zero-order valence-corrected chi connectivity index (χ0v) is 7.76. The van der Waals surface area contributed by atoms with E-state index in [4.69, 9.17) is 14.2 Å². The standard InChI is InChI=1S/C9H11FO3/c1-11-6-4-5-7(12-2)9(13-3)8(6)10/h4-5H,1-3H3. The summed E-state index contributed by atoms with van der Waals surface area (Å²) in [6, 6.07) is 3.07. The van der Waals surface area contributed by atoms with Gasteiger partial charge in [0.25, 0.3) is 0 Å². The average Bonchev–Trinajstić information content (AvgIpc) is 2.17. The third-order valence-electron chi connectivity index (χ3n) is 1.67. The molecule has 0 fully saturated rings. The second-order valence-corrected chi connectivity index (χ2v) is 2.32. The number of ether oxygens (including phenoxy) is 3. The Bertz CT molecular complexity index is 299. The maximum atomic E-state index is 13.4. The Morgan fingerprint density at radius 2 is 1.46 bits per heavy atom. The molecule has 0 radical (unpaired) electrons. The van der Waals surface area contributed by atoms with Crippen LogP contribution in [0.2, 0.25) is 0 Å². The van der Waals surface area contributed by atoms with Crippen LogP contribution in [0.15, 0.2) is 12.1 Å². The summed E-state index contributed by atoms with van der Waals surface area (Å²) < 4.78 is 27.9. The van der Waals surface area contributed by atoms with Gasteiger partial charge in [-0.15, -0.1) is 0 Å². The highest BCUT2D eigenvalue weighted by Crippen LogP contribution is 2.35. The van der Waals surface area contributed by atoms with Crippen LogP contribution in [-0.4, -0.2) is 21.3 Å². The van der Waals surface area contributed by atoms with Crippen molar-refractivity contribution in [1.82, 2.24) is 0 Å². The van der Waals surface area contributed by atoms with Crippen LogP contribution in [0.3, 0.4) is 0 Å². The van der Waals surface area contributed by atoms with Gasteiger partial charge in [0.1, 0.15) is 0 Å². The van der Waals surface area contributed by atoms with Crippen molar-refractivity contribution in [1.29, 1.82) is 0 Å². The predicted octanol–water partition coefficient (Wildman–Crippen LogP) is 1.85. The minimum atomic E-state index is -0.552. The van der Waals surface area contributed by atoms with Crippen LogP contribution in [0, 0.1) is 5.82 Å². The second kappa shape index (κ2) is 3.98. The van der Waals surface area contributed by atoms with Gasteiger partial charge in [0, 0.05) is 0 Å². The topological polar surface area (TPSA) is 27.7 Å². The predicted molar refractivity (Wildman–Crippen MR) is 46.1 cm³/mol. The van der Waals surface area contributed by atoms with Gasteiger partial charge in [-0.2, -0.15) is 4.39 Å². The van der Waals surface area contributed by atoms with E-state index in [0.29, 0.717) is 5.75 Å². The summed E-state index contributed by atoms with van der Waals surface area (Å²) in [5.74, 6) is -0.00958. The van der Waals surface area contributed by atoms with Crippen LogP contribution < -0.4 is 14.2 Å². The maximum Gasteiger partial charge on any atom is 0.210 e. The van der Waals surface area contributed by atoms with Crippen LogP contribution in [-0.2, 0) is 0 Å². The molecule has 4 heteroatoms. The van der Waals surface area contributed by atoms with Crippen LogP contribution in [0.1, 0.15) is 0 Å². The van der Waals surface area contributed by atoms with Crippen LogP contribution in [0.4, 0.5) is 4.39 Å². The first-order valence-corrected chi connectivity index (χ1v) is 3.69. The van der Waals surface area contributed by atoms with Gasteiger partial charge in [0.2, 0.25) is 11.6 Å². The molecule has 1 aromatic carbocycles. The summed E-state index contributed by atoms with van der Waals surface area (Å²) in [6.45, 7) is 0. The molecule has 3 nitrogen and oxygen atoms in total. The Morgan fingerprint density at radius 3 is 1.92 bits per heavy atom. The molecule has 0 spiro atoms. The third-order valence-corrected chi connectivity index (χ3v) is 1.67. The fourth-order valence-electron chi connectivity index (χ4n) is 1.03. The van der Waals surface area contributed by atoms with Crippen molar-refractivity contribution in [3.63, 3.8) is 0 Å². The fraction of sp³-hybridized carbons (Fsp3) is 0.333. The number of benzene rings is 1. The van der Waals surface area contributed by atoms with E-state index in [1.807, 2.05) is 0 Å². The van der Waals surface area contributed by atoms with Gasteiger partial charge in [-0.25, -0.2) is 0 Å². The van der Waals surface area contributed by atoms with Crippen LogP contribution >= 0.6 is 0 Å². The van der Waals surface area contributed by atoms with Crippen molar-refractivity contribution in [3.8, 4) is 17.2 Å². The number of hydrogen-bond acceptors (Lipinski definition) is 3. The van der Waals surface area contributed by atoms with Gasteiger partial charge >= 0.3 is 0 Å². The summed E-state index contributed by atoms with van der Waals surface area (Å²) >= 11 is 0. The summed E-state index contributed by atoms with van der Waals surface area (Å²) in [4.78, 5) is 0. The van der Waals surface area contributed by atoms with Crippen molar-refractivity contribution in [2.75, 3.05) is 21.3 Å². The molecular weight excluding hydrogens is 175 g/mol. The van der Waals surface area contributed by atoms with Gasteiger partial charge in [-0.1, -0.05) is 0 Å². The highest BCUT2D eigenvalue weighted by atomic mass is 19.1. The van der Waals surface area contributed by atoms with Crippen molar-refractivity contribution >= 4 is 0 Å². The highest BCUT2D eigenvalue weighted by molar-refractivity contribution is 5.47. The molecule has 72 valence electrons. The van der Waals surface area contributed by atoms with Gasteiger partial charge in [-0.3, -0.25) is 0 Å². The van der Waals surface area contributed by atoms with Gasteiger partial charge < -0.3 is 14.2 Å². The quantitative estimate of drug-likeness (QED) is 0.721. The van der Waals surface area contributed by atoms with Gasteiger partial charge in [0.15, 0.2) is 11.5 Å². The summed E-state index contributed by atoms with van der Waals surface area (Å²) in [7, 11) is 4.22. The molecule has 0 bridgehead atoms. The number of rotatable bonds is 3. The lowest BCUT2D eigenvalue weighted by Crippen LogP contribution is -1.96. The lowest BCUT2D eigenvalue weighted by atomic mass is 10.3. The molecule has 0 saturated carbocycles. The Balaban J connectivity index is 3.23. The van der Waals surface area contributed by atoms with E-state index < -0.39 is 5.82 Å². The lowest BCUT2D eigenvalue weighted by molar-refractivity contribution is 0.321. The molecule has 0 aliphatic heterocycles. The molecule has 0 heterocycles. The fourth-order valence-corrected chi connectivity index (χ4v) is 1.03. The van der Waals surface area contributed by atoms with E-state index in [1.165, 1.54) is 27.4 Å². The first-order chi connectivity index (χ1) is 6.24. The molecule has 0 saturated heterocycles. The monoisotopic (exact) mass is 186 g/mol. The van der Waals surface area contributed by atoms with E-state index in [1.54, 1.807) is 6.07 Å². The molecule has 0 aromatic heterocycles. The summed E-state index contributed by atoms with van der Waals surface area (Å²) in [5.41, 5.74) is 0. The van der Waals surface area contributed by atoms with Gasteiger partial charge in [0.05, 0.1) is 21.3 Å². The lowest BCUT2D eigenvalue weighted by Gasteiger charge is -2.10. The molecule has 0 atom stereocenters. The van der Waals surface area contributed by atoms with E-state index in [0.717, 1.165) is 0 Å². The zero-order valence-electron chi connectivity index (χ0n) is 7.76. The summed E-state index contributed by atoms with van der Waals surface area (Å²) in [5, 5.41) is 0. The highest BCUT2D eigenvalue weighted by Gasteiger charge is 2.14. The number of halogens is 1. The van der Waals surface area contributed by atoms with Gasteiger partial charge in [-0.05, 0) is 12.1 Å². The Hall–Kier alpha value is -1.45. The molecule has 13 heavy (non-hydrogen) atoms. The average molecular weight is 186 g/mol. The molecular formula is C9H11FO3. The number of methoxy groups -OCH3 is 3. The van der Waals surface area contributed by atoms with Crippen LogP contribution in [0.5, 0.6) is 17.2 Å². The zero-order chi connectivity index (χ0) is 9.84. The number of hydrogen-bond donors (Lipinski definition) is 0. The van der Waals surface area contributed by atoms with E-state index >= 15 is 0 Å². The normalized spacial score (nSPS) is 9.54. The smallest absolute Gasteiger partial charge is 0.210 e. The molecule has 1 rings (SSSR count). The van der Waals surface area contributed by atoms with E-state index in [9.17, 15) is 4.39 Å². The molecule has 1 aromatic rings. The first-order valence-electron chi connectivity index (χ1n) is 3.69. The summed E-state index contributed by atoms with van der Waals surface area (Å²) in [6.07, 6.45) is 0. The second-order valence-electron chi connectivity index (χ2n) is 2.32. The third kappa shape index (κ3) is 1.66. The SMILES string of the molecule is COc1ccc(OC)c(OC)c1F. The van der Waals surface area contributed by atoms with Crippen molar-refractivity contribution < 1.29 is 18.6 Å². The Labute approximate surface area is 76.0 Å². The van der Waals surface area contributed by atoms with Crippen LogP contribution in [0.25, 0.3) is 0 Å². The Kier molecular flexibility index (Phi) is 2.95. The molecule has 0 N–H and O–H groups in total.